The van der Waals surface area contributed by atoms with Gasteiger partial charge in [-0.05, 0) is 12.1 Å². The van der Waals surface area contributed by atoms with Gasteiger partial charge in [0.05, 0.1) is 6.42 Å². The maximum absolute atomic E-state index is 13.2. The number of carbonyl (C=O) groups is 1. The zero-order valence-corrected chi connectivity index (χ0v) is 8.05. The smallest absolute Gasteiger partial charge is 0.308 e. The SMILES string of the molecule is O=C(O)Cc1cnc2c(F)cccn2c1=O. The van der Waals surface area contributed by atoms with E-state index in [0.717, 1.165) is 10.6 Å². The maximum Gasteiger partial charge on any atom is 0.308 e. The molecule has 0 spiro atoms. The molecule has 0 amide bonds. The predicted octanol–water partition coefficient (Wildman–Crippen LogP) is 0.461. The summed E-state index contributed by atoms with van der Waals surface area (Å²) in [5, 5.41) is 8.57. The molecule has 0 saturated carbocycles. The summed E-state index contributed by atoms with van der Waals surface area (Å²) < 4.78 is 14.2. The molecule has 16 heavy (non-hydrogen) atoms. The van der Waals surface area contributed by atoms with Gasteiger partial charge in [0.25, 0.3) is 5.56 Å². The quantitative estimate of drug-likeness (QED) is 0.801. The van der Waals surface area contributed by atoms with Crippen molar-refractivity contribution in [2.24, 2.45) is 0 Å². The van der Waals surface area contributed by atoms with Crippen LogP contribution >= 0.6 is 0 Å². The van der Waals surface area contributed by atoms with E-state index in [-0.39, 0.29) is 11.2 Å². The van der Waals surface area contributed by atoms with Crippen LogP contribution in [0.5, 0.6) is 0 Å². The van der Waals surface area contributed by atoms with Crippen LogP contribution in [0.4, 0.5) is 4.39 Å². The van der Waals surface area contributed by atoms with Gasteiger partial charge in [0.2, 0.25) is 0 Å². The summed E-state index contributed by atoms with van der Waals surface area (Å²) >= 11 is 0. The molecule has 0 bridgehead atoms. The van der Waals surface area contributed by atoms with Crippen LogP contribution in [0, 0.1) is 5.82 Å². The highest BCUT2D eigenvalue weighted by Crippen LogP contribution is 2.04. The van der Waals surface area contributed by atoms with Crippen LogP contribution in [0.2, 0.25) is 0 Å². The second-order valence-corrected chi connectivity index (χ2v) is 3.21. The number of halogens is 1. The summed E-state index contributed by atoms with van der Waals surface area (Å²) in [6.45, 7) is 0. The van der Waals surface area contributed by atoms with E-state index < -0.39 is 23.8 Å². The molecule has 6 heteroatoms. The number of rotatable bonds is 2. The molecule has 0 aliphatic heterocycles. The summed E-state index contributed by atoms with van der Waals surface area (Å²) in [4.78, 5) is 25.9. The van der Waals surface area contributed by atoms with E-state index in [1.54, 1.807) is 0 Å². The first kappa shape index (κ1) is 10.3. The van der Waals surface area contributed by atoms with E-state index in [9.17, 15) is 14.0 Å². The van der Waals surface area contributed by atoms with Gasteiger partial charge in [0.15, 0.2) is 11.5 Å². The van der Waals surface area contributed by atoms with Crippen LogP contribution in [0.1, 0.15) is 5.56 Å². The first-order valence-corrected chi connectivity index (χ1v) is 4.46. The topological polar surface area (TPSA) is 71.7 Å². The van der Waals surface area contributed by atoms with Crippen molar-refractivity contribution < 1.29 is 14.3 Å². The predicted molar refractivity (Wildman–Crippen MR) is 52.8 cm³/mol. The molecule has 0 saturated heterocycles. The van der Waals surface area contributed by atoms with Crippen LogP contribution < -0.4 is 5.56 Å². The highest BCUT2D eigenvalue weighted by Gasteiger charge is 2.10. The van der Waals surface area contributed by atoms with Crippen LogP contribution in [0.15, 0.2) is 29.3 Å². The summed E-state index contributed by atoms with van der Waals surface area (Å²) in [5.74, 6) is -1.75. The van der Waals surface area contributed by atoms with Gasteiger partial charge in [-0.25, -0.2) is 9.37 Å². The minimum absolute atomic E-state index is 0.0237. The Balaban J connectivity index is 2.71. The Bertz CT molecular complexity index is 621. The molecule has 0 aromatic carbocycles. The fourth-order valence-electron chi connectivity index (χ4n) is 1.39. The Hall–Kier alpha value is -2.24. The Morgan fingerprint density at radius 3 is 3.00 bits per heavy atom. The normalized spacial score (nSPS) is 10.6. The standard InChI is InChI=1S/C10H7FN2O3/c11-7-2-1-3-13-9(7)12-5-6(10(13)16)4-8(14)15/h1-3,5H,4H2,(H,14,15). The van der Waals surface area contributed by atoms with Gasteiger partial charge >= 0.3 is 5.97 Å². The summed E-state index contributed by atoms with van der Waals surface area (Å²) in [6, 6.07) is 2.54. The van der Waals surface area contributed by atoms with E-state index in [1.165, 1.54) is 18.3 Å². The van der Waals surface area contributed by atoms with Crippen LogP contribution in [0.3, 0.4) is 0 Å². The number of nitrogens with zero attached hydrogens (tertiary/aromatic N) is 2. The number of carboxylic acids is 1. The summed E-state index contributed by atoms with van der Waals surface area (Å²) in [6.07, 6.45) is 2.01. The number of hydrogen-bond donors (Lipinski definition) is 1. The molecule has 2 rings (SSSR count). The van der Waals surface area contributed by atoms with Crippen LogP contribution in [-0.2, 0) is 11.2 Å². The molecule has 0 atom stereocenters. The minimum Gasteiger partial charge on any atom is -0.481 e. The largest absolute Gasteiger partial charge is 0.481 e. The van der Waals surface area contributed by atoms with Crippen LogP contribution in [0.25, 0.3) is 5.65 Å². The van der Waals surface area contributed by atoms with E-state index in [4.69, 9.17) is 5.11 Å². The third-order valence-corrected chi connectivity index (χ3v) is 2.10. The van der Waals surface area contributed by atoms with Crippen molar-refractivity contribution in [3.63, 3.8) is 0 Å². The molecule has 0 radical (unpaired) electrons. The number of aliphatic carboxylic acids is 1. The van der Waals surface area contributed by atoms with Crippen molar-refractivity contribution in [2.45, 2.75) is 6.42 Å². The average molecular weight is 222 g/mol. The molecule has 5 nitrogen and oxygen atoms in total. The number of hydrogen-bond acceptors (Lipinski definition) is 3. The first-order chi connectivity index (χ1) is 7.59. The Labute approximate surface area is 88.8 Å². The van der Waals surface area contributed by atoms with Crippen molar-refractivity contribution in [3.05, 3.63) is 46.3 Å². The fraction of sp³-hybridized carbons (Fsp3) is 0.100. The Morgan fingerprint density at radius 1 is 1.56 bits per heavy atom. The molecule has 2 heterocycles. The van der Waals surface area contributed by atoms with Crippen molar-refractivity contribution in [1.29, 1.82) is 0 Å². The van der Waals surface area contributed by atoms with Gasteiger partial charge < -0.3 is 5.11 Å². The Morgan fingerprint density at radius 2 is 2.31 bits per heavy atom. The fourth-order valence-corrected chi connectivity index (χ4v) is 1.39. The lowest BCUT2D eigenvalue weighted by Crippen LogP contribution is -2.22. The van der Waals surface area contributed by atoms with Gasteiger partial charge in [-0.15, -0.1) is 0 Å². The van der Waals surface area contributed by atoms with Crippen molar-refractivity contribution in [2.75, 3.05) is 0 Å². The minimum atomic E-state index is -1.13. The van der Waals surface area contributed by atoms with Crippen molar-refractivity contribution in [1.82, 2.24) is 9.38 Å². The molecular formula is C10H7FN2O3. The second kappa shape index (κ2) is 3.73. The lowest BCUT2D eigenvalue weighted by Gasteiger charge is -2.02. The van der Waals surface area contributed by atoms with E-state index in [1.807, 2.05) is 0 Å². The average Bonchev–Trinajstić information content (AvgIpc) is 2.23. The van der Waals surface area contributed by atoms with Crippen LogP contribution in [-0.4, -0.2) is 20.5 Å². The van der Waals surface area contributed by atoms with E-state index in [2.05, 4.69) is 4.98 Å². The lowest BCUT2D eigenvalue weighted by molar-refractivity contribution is -0.136. The number of aromatic nitrogens is 2. The third-order valence-electron chi connectivity index (χ3n) is 2.10. The molecule has 0 fully saturated rings. The van der Waals surface area contributed by atoms with Crippen molar-refractivity contribution in [3.8, 4) is 0 Å². The van der Waals surface area contributed by atoms with Gasteiger partial charge in [0, 0.05) is 18.0 Å². The van der Waals surface area contributed by atoms with E-state index >= 15 is 0 Å². The zero-order valence-electron chi connectivity index (χ0n) is 8.05. The highest BCUT2D eigenvalue weighted by atomic mass is 19.1. The van der Waals surface area contributed by atoms with Gasteiger partial charge in [0.1, 0.15) is 0 Å². The molecule has 2 aromatic heterocycles. The monoisotopic (exact) mass is 222 g/mol. The highest BCUT2D eigenvalue weighted by molar-refractivity contribution is 5.70. The first-order valence-electron chi connectivity index (χ1n) is 4.46. The molecule has 0 aliphatic rings. The molecular weight excluding hydrogens is 215 g/mol. The van der Waals surface area contributed by atoms with E-state index in [0.29, 0.717) is 0 Å². The summed E-state index contributed by atoms with van der Waals surface area (Å²) in [5.41, 5.74) is -0.649. The maximum atomic E-state index is 13.2. The lowest BCUT2D eigenvalue weighted by atomic mass is 10.2. The molecule has 2 aromatic rings. The van der Waals surface area contributed by atoms with Crippen molar-refractivity contribution >= 4 is 11.6 Å². The molecule has 1 N–H and O–H groups in total. The molecule has 82 valence electrons. The number of carboxylic acid groups (broad SMARTS) is 1. The van der Waals surface area contributed by atoms with Gasteiger partial charge in [-0.3, -0.25) is 14.0 Å². The second-order valence-electron chi connectivity index (χ2n) is 3.21. The molecule has 0 unspecified atom stereocenters. The summed E-state index contributed by atoms with van der Waals surface area (Å²) in [7, 11) is 0. The van der Waals surface area contributed by atoms with Gasteiger partial charge in [-0.1, -0.05) is 0 Å². The third kappa shape index (κ3) is 1.65. The zero-order chi connectivity index (χ0) is 11.7. The van der Waals surface area contributed by atoms with Gasteiger partial charge in [-0.2, -0.15) is 0 Å². The molecule has 0 aliphatic carbocycles. The Kier molecular flexibility index (Phi) is 2.40. The number of fused-ring (bicyclic) bond motifs is 1. The number of pyridine rings is 1.